The zero-order valence-corrected chi connectivity index (χ0v) is 11.7. The highest BCUT2D eigenvalue weighted by molar-refractivity contribution is 5.79. The lowest BCUT2D eigenvalue weighted by molar-refractivity contribution is -0.127. The molecule has 0 saturated heterocycles. The molecule has 0 aromatic heterocycles. The molecule has 2 nitrogen and oxygen atoms in total. The largest absolute Gasteiger partial charge is 0.347 e. The molecule has 0 radical (unpaired) electrons. The van der Waals surface area contributed by atoms with Crippen LogP contribution >= 0.6 is 0 Å². The van der Waals surface area contributed by atoms with E-state index in [1.807, 2.05) is 19.9 Å². The molecule has 2 rings (SSSR count). The predicted octanol–water partition coefficient (Wildman–Crippen LogP) is 3.76. The summed E-state index contributed by atoms with van der Waals surface area (Å²) in [4.78, 5) is 12.3. The van der Waals surface area contributed by atoms with Gasteiger partial charge in [0.2, 0.25) is 5.91 Å². The first kappa shape index (κ1) is 14.0. The van der Waals surface area contributed by atoms with Crippen LogP contribution in [0, 0.1) is 11.7 Å². The molecule has 0 bridgehead atoms. The number of nitrogens with one attached hydrogen (secondary N) is 1. The van der Waals surface area contributed by atoms with Crippen LogP contribution in [-0.4, -0.2) is 5.91 Å². The first-order valence-electron chi connectivity index (χ1n) is 7.07. The summed E-state index contributed by atoms with van der Waals surface area (Å²) >= 11 is 0. The summed E-state index contributed by atoms with van der Waals surface area (Å²) in [5, 5.41) is 3.06. The minimum atomic E-state index is -0.531. The molecule has 1 aliphatic rings. The van der Waals surface area contributed by atoms with Crippen LogP contribution in [0.4, 0.5) is 4.39 Å². The maximum absolute atomic E-state index is 13.3. The Morgan fingerprint density at radius 3 is 2.58 bits per heavy atom. The molecule has 0 atom stereocenters. The van der Waals surface area contributed by atoms with Gasteiger partial charge in [-0.1, -0.05) is 31.4 Å². The van der Waals surface area contributed by atoms with Crippen molar-refractivity contribution >= 4 is 5.91 Å². The van der Waals surface area contributed by atoms with E-state index in [4.69, 9.17) is 0 Å². The van der Waals surface area contributed by atoms with Gasteiger partial charge in [-0.3, -0.25) is 4.79 Å². The zero-order chi connectivity index (χ0) is 13.9. The molecule has 1 aromatic carbocycles. The average Bonchev–Trinajstić information content (AvgIpc) is 2.39. The molecular formula is C16H22FNO. The Balaban J connectivity index is 2.05. The Morgan fingerprint density at radius 1 is 1.26 bits per heavy atom. The van der Waals surface area contributed by atoms with E-state index in [-0.39, 0.29) is 17.6 Å². The van der Waals surface area contributed by atoms with Crippen molar-refractivity contribution in [3.8, 4) is 0 Å². The number of benzene rings is 1. The summed E-state index contributed by atoms with van der Waals surface area (Å²) in [6.07, 6.45) is 5.46. The molecule has 0 spiro atoms. The highest BCUT2D eigenvalue weighted by Gasteiger charge is 2.28. The fourth-order valence-corrected chi connectivity index (χ4v) is 2.72. The maximum atomic E-state index is 13.3. The minimum Gasteiger partial charge on any atom is -0.347 e. The van der Waals surface area contributed by atoms with Gasteiger partial charge in [-0.05, 0) is 44.4 Å². The van der Waals surface area contributed by atoms with Gasteiger partial charge < -0.3 is 5.32 Å². The number of hydrogen-bond acceptors (Lipinski definition) is 1. The highest BCUT2D eigenvalue weighted by Crippen LogP contribution is 2.26. The molecule has 1 aromatic rings. The van der Waals surface area contributed by atoms with Crippen LogP contribution in [0.1, 0.15) is 51.5 Å². The fraction of sp³-hybridized carbons (Fsp3) is 0.562. The van der Waals surface area contributed by atoms with Gasteiger partial charge in [0.1, 0.15) is 5.82 Å². The number of rotatable bonds is 3. The molecular weight excluding hydrogens is 241 g/mol. The molecule has 3 heteroatoms. The lowest BCUT2D eigenvalue weighted by Crippen LogP contribution is -2.44. The fourth-order valence-electron chi connectivity index (χ4n) is 2.72. The Labute approximate surface area is 114 Å². The van der Waals surface area contributed by atoms with E-state index in [1.54, 1.807) is 6.07 Å². The number of hydrogen-bond donors (Lipinski definition) is 1. The lowest BCUT2D eigenvalue weighted by Gasteiger charge is -2.30. The molecule has 104 valence electrons. The van der Waals surface area contributed by atoms with E-state index in [0.717, 1.165) is 31.2 Å². The summed E-state index contributed by atoms with van der Waals surface area (Å²) in [5.74, 6) is -0.0342. The molecule has 1 fully saturated rings. The zero-order valence-electron chi connectivity index (χ0n) is 11.7. The van der Waals surface area contributed by atoms with Crippen molar-refractivity contribution in [2.45, 2.75) is 51.5 Å². The van der Waals surface area contributed by atoms with Crippen molar-refractivity contribution in [1.82, 2.24) is 5.32 Å². The van der Waals surface area contributed by atoms with E-state index in [0.29, 0.717) is 0 Å². The van der Waals surface area contributed by atoms with Gasteiger partial charge in [0.15, 0.2) is 0 Å². The van der Waals surface area contributed by atoms with Gasteiger partial charge in [-0.25, -0.2) is 4.39 Å². The smallest absolute Gasteiger partial charge is 0.223 e. The first-order chi connectivity index (χ1) is 8.99. The Kier molecular flexibility index (Phi) is 4.23. The van der Waals surface area contributed by atoms with Gasteiger partial charge in [0.05, 0.1) is 5.54 Å². The van der Waals surface area contributed by atoms with Gasteiger partial charge in [-0.2, -0.15) is 0 Å². The third kappa shape index (κ3) is 3.55. The van der Waals surface area contributed by atoms with Crippen LogP contribution in [0.15, 0.2) is 24.3 Å². The molecule has 1 saturated carbocycles. The minimum absolute atomic E-state index is 0.106. The van der Waals surface area contributed by atoms with Gasteiger partial charge in [0, 0.05) is 5.92 Å². The summed E-state index contributed by atoms with van der Waals surface area (Å²) in [5.41, 5.74) is 0.271. The molecule has 0 unspecified atom stereocenters. The van der Waals surface area contributed by atoms with Crippen molar-refractivity contribution in [3.05, 3.63) is 35.6 Å². The normalized spacial score (nSPS) is 17.2. The van der Waals surface area contributed by atoms with Gasteiger partial charge in [-0.15, -0.1) is 0 Å². The van der Waals surface area contributed by atoms with Crippen LogP contribution in [0.2, 0.25) is 0 Å². The van der Waals surface area contributed by atoms with E-state index >= 15 is 0 Å². The molecule has 19 heavy (non-hydrogen) atoms. The van der Waals surface area contributed by atoms with E-state index in [9.17, 15) is 9.18 Å². The van der Waals surface area contributed by atoms with E-state index < -0.39 is 5.54 Å². The first-order valence-corrected chi connectivity index (χ1v) is 7.07. The van der Waals surface area contributed by atoms with E-state index in [1.165, 1.54) is 18.6 Å². The van der Waals surface area contributed by atoms with E-state index in [2.05, 4.69) is 5.32 Å². The van der Waals surface area contributed by atoms with Crippen molar-refractivity contribution < 1.29 is 9.18 Å². The molecule has 0 aliphatic heterocycles. The monoisotopic (exact) mass is 263 g/mol. The second-order valence-electron chi connectivity index (χ2n) is 5.96. The summed E-state index contributed by atoms with van der Waals surface area (Å²) in [6, 6.07) is 6.44. The highest BCUT2D eigenvalue weighted by atomic mass is 19.1. The second-order valence-corrected chi connectivity index (χ2v) is 5.96. The molecule has 1 N–H and O–H groups in total. The third-order valence-electron chi connectivity index (χ3n) is 3.96. The third-order valence-corrected chi connectivity index (χ3v) is 3.96. The van der Waals surface area contributed by atoms with Crippen molar-refractivity contribution in [1.29, 1.82) is 0 Å². The van der Waals surface area contributed by atoms with Gasteiger partial charge >= 0.3 is 0 Å². The van der Waals surface area contributed by atoms with Crippen molar-refractivity contribution in [3.63, 3.8) is 0 Å². The number of carbonyl (C=O) groups excluding carboxylic acids is 1. The summed E-state index contributed by atoms with van der Waals surface area (Å²) < 4.78 is 13.3. The lowest BCUT2D eigenvalue weighted by atomic mass is 9.87. The van der Waals surface area contributed by atoms with Crippen LogP contribution in [0.25, 0.3) is 0 Å². The van der Waals surface area contributed by atoms with Crippen molar-refractivity contribution in [2.24, 2.45) is 5.92 Å². The average molecular weight is 263 g/mol. The molecule has 1 aliphatic carbocycles. The Hall–Kier alpha value is -1.38. The molecule has 1 amide bonds. The second kappa shape index (κ2) is 5.72. The Morgan fingerprint density at radius 2 is 1.95 bits per heavy atom. The van der Waals surface area contributed by atoms with Crippen LogP contribution in [0.5, 0.6) is 0 Å². The summed E-state index contributed by atoms with van der Waals surface area (Å²) in [6.45, 7) is 3.84. The topological polar surface area (TPSA) is 29.1 Å². The van der Waals surface area contributed by atoms with Crippen LogP contribution in [0.3, 0.4) is 0 Å². The predicted molar refractivity (Wildman–Crippen MR) is 74.1 cm³/mol. The standard InChI is InChI=1S/C16H22FNO/c1-16(2,13-9-6-10-14(17)11-13)18-15(19)12-7-4-3-5-8-12/h6,9-12H,3-5,7-8H2,1-2H3,(H,18,19). The van der Waals surface area contributed by atoms with Crippen LogP contribution < -0.4 is 5.32 Å². The van der Waals surface area contributed by atoms with Crippen molar-refractivity contribution in [2.75, 3.05) is 0 Å². The van der Waals surface area contributed by atoms with Gasteiger partial charge in [0.25, 0.3) is 0 Å². The summed E-state index contributed by atoms with van der Waals surface area (Å²) in [7, 11) is 0. The number of amides is 1. The molecule has 0 heterocycles. The SMILES string of the molecule is CC(C)(NC(=O)C1CCCCC1)c1cccc(F)c1. The number of carbonyl (C=O) groups is 1. The number of halogens is 1. The van der Waals surface area contributed by atoms with Crippen LogP contribution in [-0.2, 0) is 10.3 Å². The maximum Gasteiger partial charge on any atom is 0.223 e. The Bertz CT molecular complexity index is 450. The quantitative estimate of drug-likeness (QED) is 0.884.